The van der Waals surface area contributed by atoms with Crippen molar-refractivity contribution in [2.24, 2.45) is 0 Å². The number of rotatable bonds is 2. The third-order valence-electron chi connectivity index (χ3n) is 4.04. The van der Waals surface area contributed by atoms with Crippen molar-refractivity contribution in [1.82, 2.24) is 4.90 Å². The molecule has 1 amide bonds. The number of carbonyl (C=O) groups excluding carboxylic acids is 1. The molecule has 4 nitrogen and oxygen atoms in total. The molecule has 2 aromatic rings. The maximum atomic E-state index is 12.8. The van der Waals surface area contributed by atoms with Gasteiger partial charge in [-0.25, -0.2) is 0 Å². The van der Waals surface area contributed by atoms with Gasteiger partial charge in [0.25, 0.3) is 5.91 Å². The van der Waals surface area contributed by atoms with Crippen LogP contribution in [0.3, 0.4) is 0 Å². The second kappa shape index (κ2) is 6.50. The van der Waals surface area contributed by atoms with Gasteiger partial charge in [0.2, 0.25) is 0 Å². The SMILES string of the molecule is CN1CCc2c(sc(NC(=O)c3cccc(C(F)(F)F)c3)c2C#N)C1. The number of carbonyl (C=O) groups is 1. The molecule has 130 valence electrons. The molecule has 1 N–H and O–H groups in total. The Bertz CT molecular complexity index is 867. The van der Waals surface area contributed by atoms with Gasteiger partial charge in [0.05, 0.1) is 11.1 Å². The van der Waals surface area contributed by atoms with Gasteiger partial charge >= 0.3 is 6.18 Å². The number of hydrogen-bond acceptors (Lipinski definition) is 4. The first kappa shape index (κ1) is 17.5. The zero-order valence-corrected chi connectivity index (χ0v) is 14.1. The van der Waals surface area contributed by atoms with E-state index in [1.54, 1.807) is 0 Å². The van der Waals surface area contributed by atoms with E-state index in [2.05, 4.69) is 16.3 Å². The molecule has 0 radical (unpaired) electrons. The minimum atomic E-state index is -4.51. The molecule has 3 rings (SSSR count). The fraction of sp³-hybridized carbons (Fsp3) is 0.294. The summed E-state index contributed by atoms with van der Waals surface area (Å²) in [5, 5.41) is 12.4. The molecule has 0 fully saturated rings. The number of likely N-dealkylation sites (N-methyl/N-ethyl adjacent to an activating group) is 1. The van der Waals surface area contributed by atoms with Crippen molar-refractivity contribution in [1.29, 1.82) is 5.26 Å². The average Bonchev–Trinajstić information content (AvgIpc) is 2.90. The summed E-state index contributed by atoms with van der Waals surface area (Å²) in [6.07, 6.45) is -3.80. The normalized spacial score (nSPS) is 14.7. The summed E-state index contributed by atoms with van der Waals surface area (Å²) in [6, 6.07) is 6.34. The van der Waals surface area contributed by atoms with E-state index in [1.165, 1.54) is 23.5 Å². The molecule has 0 bridgehead atoms. The summed E-state index contributed by atoms with van der Waals surface area (Å²) in [6.45, 7) is 1.51. The van der Waals surface area contributed by atoms with Crippen LogP contribution < -0.4 is 5.32 Å². The Morgan fingerprint density at radius 2 is 2.16 bits per heavy atom. The number of anilines is 1. The smallest absolute Gasteiger partial charge is 0.312 e. The largest absolute Gasteiger partial charge is 0.416 e. The van der Waals surface area contributed by atoms with Crippen molar-refractivity contribution in [3.05, 3.63) is 51.4 Å². The zero-order valence-electron chi connectivity index (χ0n) is 13.3. The quantitative estimate of drug-likeness (QED) is 0.879. The highest BCUT2D eigenvalue weighted by Gasteiger charge is 2.31. The molecule has 8 heteroatoms. The van der Waals surface area contributed by atoms with Gasteiger partial charge in [-0.15, -0.1) is 11.3 Å². The van der Waals surface area contributed by atoms with Gasteiger partial charge in [0.1, 0.15) is 11.1 Å². The summed E-state index contributed by atoms with van der Waals surface area (Å²) in [7, 11) is 1.97. The fourth-order valence-electron chi connectivity index (χ4n) is 2.75. The number of benzene rings is 1. The van der Waals surface area contributed by atoms with E-state index in [1.807, 2.05) is 7.05 Å². The number of thiophene rings is 1. The maximum Gasteiger partial charge on any atom is 0.416 e. The molecular weight excluding hydrogens is 351 g/mol. The summed E-state index contributed by atoms with van der Waals surface area (Å²) >= 11 is 1.30. The van der Waals surface area contributed by atoms with Crippen LogP contribution in [0.15, 0.2) is 24.3 Å². The van der Waals surface area contributed by atoms with Crippen molar-refractivity contribution >= 4 is 22.2 Å². The Morgan fingerprint density at radius 3 is 2.84 bits per heavy atom. The lowest BCUT2D eigenvalue weighted by Gasteiger charge is -2.21. The monoisotopic (exact) mass is 365 g/mol. The third-order valence-corrected chi connectivity index (χ3v) is 5.17. The van der Waals surface area contributed by atoms with Gasteiger partial charge in [-0.2, -0.15) is 18.4 Å². The van der Waals surface area contributed by atoms with Crippen LogP contribution in [0, 0.1) is 11.3 Å². The molecule has 2 heterocycles. The van der Waals surface area contributed by atoms with Gasteiger partial charge in [-0.05, 0) is 37.2 Å². The summed E-state index contributed by atoms with van der Waals surface area (Å²) in [5.74, 6) is -0.658. The Hall–Kier alpha value is -2.37. The molecule has 1 aliphatic heterocycles. The molecule has 0 aliphatic carbocycles. The predicted octanol–water partition coefficient (Wildman–Crippen LogP) is 3.88. The van der Waals surface area contributed by atoms with E-state index in [0.29, 0.717) is 23.5 Å². The molecular formula is C17H14F3N3OS. The van der Waals surface area contributed by atoms with Gasteiger partial charge in [-0.3, -0.25) is 4.79 Å². The molecule has 0 unspecified atom stereocenters. The Morgan fingerprint density at radius 1 is 1.40 bits per heavy atom. The van der Waals surface area contributed by atoms with Crippen LogP contribution in [0.25, 0.3) is 0 Å². The van der Waals surface area contributed by atoms with Crippen molar-refractivity contribution in [3.8, 4) is 6.07 Å². The van der Waals surface area contributed by atoms with Crippen molar-refractivity contribution < 1.29 is 18.0 Å². The first-order valence-corrected chi connectivity index (χ1v) is 8.33. The van der Waals surface area contributed by atoms with Crippen LogP contribution in [-0.2, 0) is 19.1 Å². The van der Waals surface area contributed by atoms with Crippen LogP contribution in [-0.4, -0.2) is 24.4 Å². The van der Waals surface area contributed by atoms with E-state index >= 15 is 0 Å². The summed E-state index contributed by atoms with van der Waals surface area (Å²) < 4.78 is 38.4. The lowest BCUT2D eigenvalue weighted by molar-refractivity contribution is -0.137. The minimum absolute atomic E-state index is 0.0952. The molecule has 1 aromatic heterocycles. The van der Waals surface area contributed by atoms with Crippen LogP contribution in [0.5, 0.6) is 0 Å². The number of nitriles is 1. The van der Waals surface area contributed by atoms with Gasteiger partial charge in [0.15, 0.2) is 0 Å². The standard InChI is InChI=1S/C17H14F3N3OS/c1-23-6-5-12-13(8-21)16(25-14(12)9-23)22-15(24)10-3-2-4-11(7-10)17(18,19)20/h2-4,7H,5-6,9H2,1H3,(H,22,24). The third kappa shape index (κ3) is 3.52. The van der Waals surface area contributed by atoms with Gasteiger partial charge < -0.3 is 10.2 Å². The lowest BCUT2D eigenvalue weighted by Crippen LogP contribution is -2.25. The minimum Gasteiger partial charge on any atom is -0.312 e. The van der Waals surface area contributed by atoms with E-state index in [9.17, 15) is 23.2 Å². The molecule has 0 atom stereocenters. The lowest BCUT2D eigenvalue weighted by atomic mass is 10.0. The molecule has 0 saturated carbocycles. The van der Waals surface area contributed by atoms with Gasteiger partial charge in [0, 0.05) is 23.5 Å². The number of hydrogen-bond donors (Lipinski definition) is 1. The zero-order chi connectivity index (χ0) is 18.2. The molecule has 1 aromatic carbocycles. The van der Waals surface area contributed by atoms with E-state index in [-0.39, 0.29) is 5.56 Å². The highest BCUT2D eigenvalue weighted by molar-refractivity contribution is 7.16. The topological polar surface area (TPSA) is 56.1 Å². The Labute approximate surface area is 146 Å². The predicted molar refractivity (Wildman–Crippen MR) is 88.5 cm³/mol. The fourth-order valence-corrected chi connectivity index (χ4v) is 4.02. The van der Waals surface area contributed by atoms with Crippen LogP contribution in [0.1, 0.15) is 31.9 Å². The van der Waals surface area contributed by atoms with Gasteiger partial charge in [-0.1, -0.05) is 6.07 Å². The van der Waals surface area contributed by atoms with Crippen molar-refractivity contribution in [2.45, 2.75) is 19.1 Å². The van der Waals surface area contributed by atoms with Crippen molar-refractivity contribution in [2.75, 3.05) is 18.9 Å². The number of nitrogens with one attached hydrogen (secondary N) is 1. The Kier molecular flexibility index (Phi) is 4.54. The maximum absolute atomic E-state index is 12.8. The van der Waals surface area contributed by atoms with Crippen LogP contribution in [0.4, 0.5) is 18.2 Å². The highest BCUT2D eigenvalue weighted by atomic mass is 32.1. The number of amides is 1. The molecule has 0 saturated heterocycles. The van der Waals surface area contributed by atoms with E-state index in [4.69, 9.17) is 0 Å². The number of halogens is 3. The number of nitrogens with zero attached hydrogens (tertiary/aromatic N) is 2. The van der Waals surface area contributed by atoms with Crippen LogP contribution >= 0.6 is 11.3 Å². The first-order chi connectivity index (χ1) is 11.8. The second-order valence-corrected chi connectivity index (χ2v) is 6.95. The molecule has 0 spiro atoms. The second-order valence-electron chi connectivity index (χ2n) is 5.84. The molecule has 1 aliphatic rings. The van der Waals surface area contributed by atoms with Crippen molar-refractivity contribution in [3.63, 3.8) is 0 Å². The number of alkyl halides is 3. The first-order valence-electron chi connectivity index (χ1n) is 7.51. The summed E-state index contributed by atoms with van der Waals surface area (Å²) in [5.41, 5.74) is 0.355. The summed E-state index contributed by atoms with van der Waals surface area (Å²) in [4.78, 5) is 15.5. The number of fused-ring (bicyclic) bond motifs is 1. The van der Waals surface area contributed by atoms with E-state index in [0.717, 1.165) is 29.1 Å². The highest BCUT2D eigenvalue weighted by Crippen LogP contribution is 2.36. The van der Waals surface area contributed by atoms with E-state index < -0.39 is 17.6 Å². The Balaban J connectivity index is 1.88. The van der Waals surface area contributed by atoms with Crippen LogP contribution in [0.2, 0.25) is 0 Å². The average molecular weight is 365 g/mol. The molecule has 25 heavy (non-hydrogen) atoms.